The van der Waals surface area contributed by atoms with E-state index in [0.29, 0.717) is 30.9 Å². The Morgan fingerprint density at radius 1 is 1.27 bits per heavy atom. The van der Waals surface area contributed by atoms with Crippen LogP contribution in [-0.4, -0.2) is 43.4 Å². The minimum atomic E-state index is -3.08. The summed E-state index contributed by atoms with van der Waals surface area (Å²) in [6.07, 6.45) is 1.33. The van der Waals surface area contributed by atoms with E-state index in [9.17, 15) is 13.2 Å². The summed E-state index contributed by atoms with van der Waals surface area (Å²) < 4.78 is 29.6. The summed E-state index contributed by atoms with van der Waals surface area (Å²) in [4.78, 5) is 16.0. The number of para-hydroxylation sites is 1. The number of carbonyl (C=O) groups is 1. The van der Waals surface area contributed by atoms with Gasteiger partial charge in [0.2, 0.25) is 0 Å². The minimum Gasteiger partial charge on any atom is -0.493 e. The van der Waals surface area contributed by atoms with E-state index in [4.69, 9.17) is 4.74 Å². The highest BCUT2D eigenvalue weighted by Gasteiger charge is 2.35. The van der Waals surface area contributed by atoms with Crippen molar-refractivity contribution < 1.29 is 17.9 Å². The molecule has 0 bridgehead atoms. The number of thiophene rings is 1. The summed E-state index contributed by atoms with van der Waals surface area (Å²) in [6.45, 7) is 2.96. The largest absolute Gasteiger partial charge is 0.493 e. The maximum Gasteiger partial charge on any atom is 0.258 e. The zero-order chi connectivity index (χ0) is 18.6. The van der Waals surface area contributed by atoms with Crippen molar-refractivity contribution in [2.75, 3.05) is 18.1 Å². The van der Waals surface area contributed by atoms with Crippen LogP contribution in [0.1, 0.15) is 35.0 Å². The molecule has 1 atom stereocenters. The van der Waals surface area contributed by atoms with E-state index in [2.05, 4.69) is 0 Å². The Hall–Kier alpha value is -1.86. The van der Waals surface area contributed by atoms with Gasteiger partial charge < -0.3 is 9.64 Å². The van der Waals surface area contributed by atoms with Gasteiger partial charge in [-0.05, 0) is 36.4 Å². The molecular formula is C19H23NO4S2. The van der Waals surface area contributed by atoms with Crippen molar-refractivity contribution in [1.29, 1.82) is 0 Å². The predicted octanol–water partition coefficient (Wildman–Crippen LogP) is 3.37. The summed E-state index contributed by atoms with van der Waals surface area (Å²) in [6, 6.07) is 10.8. The van der Waals surface area contributed by atoms with E-state index < -0.39 is 9.84 Å². The van der Waals surface area contributed by atoms with Gasteiger partial charge in [0.1, 0.15) is 5.75 Å². The number of rotatable bonds is 7. The van der Waals surface area contributed by atoms with E-state index in [1.807, 2.05) is 30.5 Å². The maximum atomic E-state index is 13.3. The van der Waals surface area contributed by atoms with Crippen LogP contribution >= 0.6 is 11.3 Å². The lowest BCUT2D eigenvalue weighted by molar-refractivity contribution is 0.0678. The Bertz CT molecular complexity index is 846. The molecule has 1 aliphatic rings. The van der Waals surface area contributed by atoms with Crippen molar-refractivity contribution in [3.8, 4) is 5.75 Å². The predicted molar refractivity (Wildman–Crippen MR) is 103 cm³/mol. The first-order valence-electron chi connectivity index (χ1n) is 8.76. The van der Waals surface area contributed by atoms with Crippen LogP contribution in [0.3, 0.4) is 0 Å². The highest BCUT2D eigenvalue weighted by Crippen LogP contribution is 2.27. The first-order chi connectivity index (χ1) is 12.5. The van der Waals surface area contributed by atoms with Crippen LogP contribution in [-0.2, 0) is 16.4 Å². The Labute approximate surface area is 158 Å². The molecule has 1 aromatic heterocycles. The molecule has 0 N–H and O–H groups in total. The number of hydrogen-bond acceptors (Lipinski definition) is 5. The first-order valence-corrected chi connectivity index (χ1v) is 11.5. The molecule has 1 fully saturated rings. The van der Waals surface area contributed by atoms with Crippen LogP contribution < -0.4 is 4.74 Å². The standard InChI is InChI=1S/C19H23NO4S2/c1-2-10-24-18-8-4-3-7-17(18)19(21)20(13-16-6-5-11-25-16)15-9-12-26(22,23)14-15/h3-8,11,15H,2,9-10,12-14H2,1H3/t15-/m0/s1. The van der Waals surface area contributed by atoms with Crippen molar-refractivity contribution in [1.82, 2.24) is 4.90 Å². The van der Waals surface area contributed by atoms with Gasteiger partial charge in [0, 0.05) is 10.9 Å². The summed E-state index contributed by atoms with van der Waals surface area (Å²) in [5.74, 6) is 0.547. The summed E-state index contributed by atoms with van der Waals surface area (Å²) >= 11 is 1.57. The zero-order valence-corrected chi connectivity index (χ0v) is 16.4. The fourth-order valence-corrected chi connectivity index (χ4v) is 5.53. The first kappa shape index (κ1) is 18.9. The molecule has 1 aliphatic heterocycles. The van der Waals surface area contributed by atoms with Crippen LogP contribution in [0.25, 0.3) is 0 Å². The number of sulfone groups is 1. The lowest BCUT2D eigenvalue weighted by atomic mass is 10.1. The van der Waals surface area contributed by atoms with Gasteiger partial charge in [-0.25, -0.2) is 8.42 Å². The van der Waals surface area contributed by atoms with Crippen molar-refractivity contribution in [2.24, 2.45) is 0 Å². The molecule has 0 radical (unpaired) electrons. The van der Waals surface area contributed by atoms with E-state index in [-0.39, 0.29) is 23.5 Å². The van der Waals surface area contributed by atoms with Crippen LogP contribution in [0, 0.1) is 0 Å². The number of ether oxygens (including phenoxy) is 1. The molecule has 1 saturated heterocycles. The molecule has 3 rings (SSSR count). The normalized spacial score (nSPS) is 18.6. The van der Waals surface area contributed by atoms with Crippen LogP contribution in [0.15, 0.2) is 41.8 Å². The second-order valence-electron chi connectivity index (χ2n) is 6.41. The zero-order valence-electron chi connectivity index (χ0n) is 14.8. The van der Waals surface area contributed by atoms with Crippen molar-refractivity contribution >= 4 is 27.1 Å². The highest BCUT2D eigenvalue weighted by molar-refractivity contribution is 7.91. The minimum absolute atomic E-state index is 0.0299. The Morgan fingerprint density at radius 2 is 2.08 bits per heavy atom. The summed E-state index contributed by atoms with van der Waals surface area (Å²) in [5, 5.41) is 1.96. The summed E-state index contributed by atoms with van der Waals surface area (Å²) in [7, 11) is -3.08. The average Bonchev–Trinajstić information content (AvgIpc) is 3.26. The third kappa shape index (κ3) is 4.45. The van der Waals surface area contributed by atoms with Crippen molar-refractivity contribution in [3.05, 3.63) is 52.2 Å². The Kier molecular flexibility index (Phi) is 5.98. The lowest BCUT2D eigenvalue weighted by Gasteiger charge is -2.28. The molecule has 140 valence electrons. The summed E-state index contributed by atoms with van der Waals surface area (Å²) in [5.41, 5.74) is 0.488. The van der Waals surface area contributed by atoms with Gasteiger partial charge in [-0.15, -0.1) is 11.3 Å². The third-order valence-electron chi connectivity index (χ3n) is 4.40. The Balaban J connectivity index is 1.90. The third-order valence-corrected chi connectivity index (χ3v) is 7.01. The van der Waals surface area contributed by atoms with E-state index in [1.165, 1.54) is 0 Å². The van der Waals surface area contributed by atoms with Gasteiger partial charge in [-0.2, -0.15) is 0 Å². The van der Waals surface area contributed by atoms with Gasteiger partial charge in [0.25, 0.3) is 5.91 Å². The molecule has 1 amide bonds. The van der Waals surface area contributed by atoms with Gasteiger partial charge >= 0.3 is 0 Å². The molecule has 7 heteroatoms. The smallest absolute Gasteiger partial charge is 0.258 e. The average molecular weight is 394 g/mol. The maximum absolute atomic E-state index is 13.3. The topological polar surface area (TPSA) is 63.7 Å². The number of nitrogens with zero attached hydrogens (tertiary/aromatic N) is 1. The highest BCUT2D eigenvalue weighted by atomic mass is 32.2. The molecule has 26 heavy (non-hydrogen) atoms. The fourth-order valence-electron chi connectivity index (χ4n) is 3.09. The molecule has 0 saturated carbocycles. The molecule has 0 aliphatic carbocycles. The van der Waals surface area contributed by atoms with Crippen LogP contribution in [0.4, 0.5) is 0 Å². The molecule has 2 heterocycles. The van der Waals surface area contributed by atoms with Crippen LogP contribution in [0.2, 0.25) is 0 Å². The van der Waals surface area contributed by atoms with Gasteiger partial charge in [0.15, 0.2) is 9.84 Å². The quantitative estimate of drug-likeness (QED) is 0.724. The van der Waals surface area contributed by atoms with E-state index in [0.717, 1.165) is 11.3 Å². The lowest BCUT2D eigenvalue weighted by Crippen LogP contribution is -2.40. The van der Waals surface area contributed by atoms with Gasteiger partial charge in [-0.1, -0.05) is 25.1 Å². The monoisotopic (exact) mass is 393 g/mol. The molecule has 1 aromatic carbocycles. The second-order valence-corrected chi connectivity index (χ2v) is 9.67. The van der Waals surface area contributed by atoms with E-state index in [1.54, 1.807) is 34.4 Å². The number of benzene rings is 1. The SMILES string of the molecule is CCCOc1ccccc1C(=O)N(Cc1cccs1)[C@H]1CCS(=O)(=O)C1. The van der Waals surface area contributed by atoms with Crippen LogP contribution in [0.5, 0.6) is 5.75 Å². The molecular weight excluding hydrogens is 370 g/mol. The van der Waals surface area contributed by atoms with E-state index >= 15 is 0 Å². The van der Waals surface area contributed by atoms with Crippen molar-refractivity contribution in [3.63, 3.8) is 0 Å². The second kappa shape index (κ2) is 8.22. The molecule has 2 aromatic rings. The molecule has 5 nitrogen and oxygen atoms in total. The van der Waals surface area contributed by atoms with Gasteiger partial charge in [0.05, 0.1) is 30.2 Å². The molecule has 0 unspecified atom stereocenters. The molecule has 0 spiro atoms. The Morgan fingerprint density at radius 3 is 2.73 bits per heavy atom. The number of hydrogen-bond donors (Lipinski definition) is 0. The number of amides is 1. The van der Waals surface area contributed by atoms with Gasteiger partial charge in [-0.3, -0.25) is 4.79 Å². The number of carbonyl (C=O) groups excluding carboxylic acids is 1. The van der Waals surface area contributed by atoms with Crippen molar-refractivity contribution in [2.45, 2.75) is 32.4 Å². The fraction of sp³-hybridized carbons (Fsp3) is 0.421.